The number of methoxy groups -OCH3 is 1. The Morgan fingerprint density at radius 3 is 0.808 bits per heavy atom. The summed E-state index contributed by atoms with van der Waals surface area (Å²) in [6.07, 6.45) is 1.02. The zero-order valence-electron chi connectivity index (χ0n) is 32.5. The van der Waals surface area contributed by atoms with Crippen LogP contribution in [0, 0.1) is 0 Å². The minimum atomic E-state index is -0.804. The van der Waals surface area contributed by atoms with Crippen molar-refractivity contribution < 1.29 is 75.8 Å². The van der Waals surface area contributed by atoms with E-state index in [4.69, 9.17) is 71.1 Å². The van der Waals surface area contributed by atoms with E-state index < -0.39 is 5.60 Å². The average Bonchev–Trinajstić information content (AvgIpc) is 3.15. The summed E-state index contributed by atoms with van der Waals surface area (Å²) in [5.74, 6) is 1.88. The molecule has 0 aromatic heterocycles. The third-order valence-electron chi connectivity index (χ3n) is 6.83. The van der Waals surface area contributed by atoms with Gasteiger partial charge in [0.15, 0.2) is 0 Å². The van der Waals surface area contributed by atoms with Gasteiger partial charge in [-0.05, 0) is 20.3 Å². The predicted molar refractivity (Wildman–Crippen MR) is 192 cm³/mol. The fraction of sp³-hybridized carbons (Fsp3) is 0.944. The molecule has 0 rings (SSSR count). The molecule has 0 N–H and O–H groups in total. The molecule has 0 saturated heterocycles. The molecule has 16 heteroatoms. The van der Waals surface area contributed by atoms with Gasteiger partial charge >= 0.3 is 0 Å². The molecule has 0 radical (unpaired) electrons. The highest BCUT2D eigenvalue weighted by Crippen LogP contribution is 2.19. The first-order chi connectivity index (χ1) is 25.6. The SMILES string of the molecule is CCCOCCOCCOCCOCCOCCOCCOCCOCCOCCOCCOCCOCCOCCOC(C)(COC)C(C)=C=O. The van der Waals surface area contributed by atoms with Gasteiger partial charge in [-0.15, -0.1) is 0 Å². The third-order valence-corrected chi connectivity index (χ3v) is 6.83. The van der Waals surface area contributed by atoms with Crippen molar-refractivity contribution in [1.82, 2.24) is 0 Å². The molecule has 0 aliphatic carbocycles. The van der Waals surface area contributed by atoms with Gasteiger partial charge in [0.25, 0.3) is 0 Å². The van der Waals surface area contributed by atoms with Crippen LogP contribution in [0.4, 0.5) is 0 Å². The van der Waals surface area contributed by atoms with E-state index in [1.165, 1.54) is 0 Å². The summed E-state index contributed by atoms with van der Waals surface area (Å²) in [4.78, 5) is 10.9. The molecule has 310 valence electrons. The van der Waals surface area contributed by atoms with Crippen molar-refractivity contribution in [2.45, 2.75) is 32.8 Å². The average molecular weight is 759 g/mol. The highest BCUT2D eigenvalue weighted by atomic mass is 16.6. The van der Waals surface area contributed by atoms with E-state index in [0.717, 1.165) is 13.0 Å². The van der Waals surface area contributed by atoms with Gasteiger partial charge in [0.05, 0.1) is 178 Å². The van der Waals surface area contributed by atoms with Crippen LogP contribution in [0.1, 0.15) is 27.2 Å². The van der Waals surface area contributed by atoms with Crippen molar-refractivity contribution >= 4 is 5.94 Å². The maximum atomic E-state index is 10.9. The highest BCUT2D eigenvalue weighted by molar-refractivity contribution is 5.54. The smallest absolute Gasteiger partial charge is 0.126 e. The van der Waals surface area contributed by atoms with E-state index in [1.54, 1.807) is 21.0 Å². The molecule has 0 saturated carbocycles. The molecule has 0 spiro atoms. The summed E-state index contributed by atoms with van der Waals surface area (Å²) in [7, 11) is 1.56. The van der Waals surface area contributed by atoms with Crippen LogP contribution in [0.5, 0.6) is 0 Å². The van der Waals surface area contributed by atoms with Crippen LogP contribution in [-0.4, -0.2) is 204 Å². The number of hydrogen-bond donors (Lipinski definition) is 0. The van der Waals surface area contributed by atoms with E-state index in [-0.39, 0.29) is 6.61 Å². The molecule has 0 aromatic carbocycles. The molecule has 0 aromatic rings. The van der Waals surface area contributed by atoms with Gasteiger partial charge in [-0.1, -0.05) is 6.92 Å². The number of hydrogen-bond acceptors (Lipinski definition) is 16. The summed E-state index contributed by atoms with van der Waals surface area (Å²) in [5.41, 5.74) is -0.352. The lowest BCUT2D eigenvalue weighted by Gasteiger charge is -2.28. The van der Waals surface area contributed by atoms with Crippen molar-refractivity contribution in [2.24, 2.45) is 0 Å². The van der Waals surface area contributed by atoms with Crippen molar-refractivity contribution in [3.05, 3.63) is 5.57 Å². The first-order valence-electron chi connectivity index (χ1n) is 18.5. The van der Waals surface area contributed by atoms with Crippen LogP contribution in [0.15, 0.2) is 5.57 Å². The van der Waals surface area contributed by atoms with Gasteiger partial charge in [0, 0.05) is 19.3 Å². The fourth-order valence-electron chi connectivity index (χ4n) is 3.85. The molecule has 0 heterocycles. The van der Waals surface area contributed by atoms with Crippen LogP contribution in [-0.2, 0) is 75.8 Å². The van der Waals surface area contributed by atoms with Crippen LogP contribution in [0.3, 0.4) is 0 Å². The lowest BCUT2D eigenvalue weighted by atomic mass is 9.99. The highest BCUT2D eigenvalue weighted by Gasteiger charge is 2.28. The lowest BCUT2D eigenvalue weighted by molar-refractivity contribution is -0.0742. The van der Waals surface area contributed by atoms with E-state index in [2.05, 4.69) is 6.92 Å². The molecule has 0 amide bonds. The number of ether oxygens (including phenoxy) is 15. The maximum Gasteiger partial charge on any atom is 0.126 e. The summed E-state index contributed by atoms with van der Waals surface area (Å²) < 4.78 is 81.9. The van der Waals surface area contributed by atoms with Crippen LogP contribution < -0.4 is 0 Å². The van der Waals surface area contributed by atoms with E-state index in [9.17, 15) is 4.79 Å². The molecule has 52 heavy (non-hydrogen) atoms. The molecule has 0 bridgehead atoms. The Hall–Kier alpha value is -1.15. The quantitative estimate of drug-likeness (QED) is 0.0654. The van der Waals surface area contributed by atoms with Crippen LogP contribution >= 0.6 is 0 Å². The molecule has 16 nitrogen and oxygen atoms in total. The Labute approximate surface area is 312 Å². The van der Waals surface area contributed by atoms with Gasteiger partial charge in [-0.3, -0.25) is 0 Å². The van der Waals surface area contributed by atoms with Crippen molar-refractivity contribution in [1.29, 1.82) is 0 Å². The molecule has 1 atom stereocenters. The Balaban J connectivity index is 3.16. The van der Waals surface area contributed by atoms with Gasteiger partial charge in [-0.25, -0.2) is 4.79 Å². The van der Waals surface area contributed by atoms with E-state index in [1.807, 2.05) is 5.94 Å². The Kier molecular flexibility index (Phi) is 41.6. The van der Waals surface area contributed by atoms with Crippen LogP contribution in [0.25, 0.3) is 0 Å². The summed E-state index contributed by atoms with van der Waals surface area (Å²) in [6.45, 7) is 19.5. The van der Waals surface area contributed by atoms with Gasteiger partial charge in [0.2, 0.25) is 0 Å². The number of carbonyl (C=O) groups excluding carboxylic acids is 1. The van der Waals surface area contributed by atoms with Crippen molar-refractivity contribution in [3.63, 3.8) is 0 Å². The summed E-state index contributed by atoms with van der Waals surface area (Å²) in [6, 6.07) is 0. The Morgan fingerprint density at radius 1 is 0.404 bits per heavy atom. The third kappa shape index (κ3) is 37.2. The molecular weight excluding hydrogens is 688 g/mol. The second-order valence-electron chi connectivity index (χ2n) is 11.2. The lowest BCUT2D eigenvalue weighted by Crippen LogP contribution is -2.37. The maximum absolute atomic E-state index is 10.9. The summed E-state index contributed by atoms with van der Waals surface area (Å²) >= 11 is 0. The topological polar surface area (TPSA) is 156 Å². The Morgan fingerprint density at radius 2 is 0.615 bits per heavy atom. The van der Waals surface area contributed by atoms with Crippen molar-refractivity contribution in [3.8, 4) is 0 Å². The minimum Gasteiger partial charge on any atom is -0.381 e. The van der Waals surface area contributed by atoms with Crippen molar-refractivity contribution in [2.75, 3.05) is 192 Å². The zero-order valence-corrected chi connectivity index (χ0v) is 32.5. The Bertz CT molecular complexity index is 758. The van der Waals surface area contributed by atoms with Gasteiger partial charge < -0.3 is 71.1 Å². The van der Waals surface area contributed by atoms with E-state index in [0.29, 0.717) is 177 Å². The largest absolute Gasteiger partial charge is 0.381 e. The normalized spacial score (nSPS) is 12.7. The second-order valence-corrected chi connectivity index (χ2v) is 11.2. The summed E-state index contributed by atoms with van der Waals surface area (Å²) in [5, 5.41) is 0. The molecule has 0 aliphatic rings. The second kappa shape index (κ2) is 42.6. The van der Waals surface area contributed by atoms with Gasteiger partial charge in [0.1, 0.15) is 11.5 Å². The fourth-order valence-corrected chi connectivity index (χ4v) is 3.85. The van der Waals surface area contributed by atoms with Crippen LogP contribution in [0.2, 0.25) is 0 Å². The standard InChI is InChI=1S/C36H70O16/c1-5-6-39-7-8-40-9-10-41-11-12-42-13-14-43-15-16-44-17-18-45-19-20-46-21-22-47-23-24-48-25-26-49-27-28-50-29-30-51-31-32-52-36(3,34-38-4)35(2)33-37/h5-32,34H2,1-4H3. The monoisotopic (exact) mass is 758 g/mol. The molecule has 1 unspecified atom stereocenters. The number of rotatable bonds is 45. The predicted octanol–water partition coefficient (Wildman–Crippen LogP) is 1.81. The van der Waals surface area contributed by atoms with E-state index >= 15 is 0 Å². The zero-order chi connectivity index (χ0) is 37.9. The molecule has 0 fully saturated rings. The molecule has 0 aliphatic heterocycles. The molecular formula is C36H70O16. The minimum absolute atomic E-state index is 0.269. The first kappa shape index (κ1) is 50.9. The first-order valence-corrected chi connectivity index (χ1v) is 18.5. The van der Waals surface area contributed by atoms with Gasteiger partial charge in [-0.2, -0.15) is 0 Å².